The van der Waals surface area contributed by atoms with Gasteiger partial charge in [-0.25, -0.2) is 0 Å². The van der Waals surface area contributed by atoms with Crippen molar-refractivity contribution < 1.29 is 9.53 Å². The first-order valence-corrected chi connectivity index (χ1v) is 10.5. The number of amides is 1. The van der Waals surface area contributed by atoms with Crippen LogP contribution in [-0.2, 0) is 9.53 Å². The quantitative estimate of drug-likeness (QED) is 0.373. The van der Waals surface area contributed by atoms with Crippen molar-refractivity contribution in [2.75, 3.05) is 53.0 Å². The molecule has 2 aliphatic heterocycles. The summed E-state index contributed by atoms with van der Waals surface area (Å²) in [5, 5.41) is 3.64. The van der Waals surface area contributed by atoms with Gasteiger partial charge in [-0.15, -0.1) is 24.0 Å². The van der Waals surface area contributed by atoms with Gasteiger partial charge in [0.1, 0.15) is 0 Å². The smallest absolute Gasteiger partial charge is 0.225 e. The van der Waals surface area contributed by atoms with E-state index < -0.39 is 0 Å². The predicted octanol–water partition coefficient (Wildman–Crippen LogP) is 2.72. The Kier molecular flexibility index (Phi) is 9.11. The second-order valence-corrected chi connectivity index (χ2v) is 8.16. The Morgan fingerprint density at radius 1 is 1.11 bits per heavy atom. The Bertz CT molecular complexity index is 494. The normalized spacial score (nSPS) is 23.9. The van der Waals surface area contributed by atoms with Crippen molar-refractivity contribution in [2.24, 2.45) is 16.3 Å². The number of hydrogen-bond donors (Lipinski definition) is 1. The number of nitrogens with zero attached hydrogens (tertiary/aromatic N) is 3. The average Bonchev–Trinajstić information content (AvgIpc) is 3.18. The molecule has 3 fully saturated rings. The fraction of sp³-hybridized carbons (Fsp3) is 0.900. The lowest BCUT2D eigenvalue weighted by Gasteiger charge is -2.37. The molecule has 1 saturated carbocycles. The zero-order valence-electron chi connectivity index (χ0n) is 17.0. The van der Waals surface area contributed by atoms with Gasteiger partial charge < -0.3 is 19.9 Å². The lowest BCUT2D eigenvalue weighted by atomic mass is 9.83. The van der Waals surface area contributed by atoms with E-state index in [1.54, 1.807) is 0 Å². The molecule has 156 valence electrons. The van der Waals surface area contributed by atoms with Crippen LogP contribution in [0.3, 0.4) is 0 Å². The molecule has 0 aromatic rings. The van der Waals surface area contributed by atoms with Gasteiger partial charge in [0, 0.05) is 45.7 Å². The predicted molar refractivity (Wildman–Crippen MR) is 120 cm³/mol. The number of aliphatic imine (C=N–C) groups is 1. The summed E-state index contributed by atoms with van der Waals surface area (Å²) in [5.74, 6) is 1.51. The minimum absolute atomic E-state index is 0. The number of morpholine rings is 1. The van der Waals surface area contributed by atoms with Gasteiger partial charge in [0.25, 0.3) is 0 Å². The van der Waals surface area contributed by atoms with E-state index in [4.69, 9.17) is 4.74 Å². The molecule has 0 aromatic heterocycles. The molecule has 0 unspecified atom stereocenters. The molecule has 1 amide bonds. The molecule has 0 aromatic carbocycles. The van der Waals surface area contributed by atoms with Crippen LogP contribution >= 0.6 is 24.0 Å². The summed E-state index contributed by atoms with van der Waals surface area (Å²) in [6.07, 6.45) is 8.50. The number of guanidine groups is 1. The van der Waals surface area contributed by atoms with Crippen molar-refractivity contribution in [3.05, 3.63) is 0 Å². The van der Waals surface area contributed by atoms with Crippen LogP contribution in [-0.4, -0.2) is 74.7 Å². The minimum atomic E-state index is 0. The lowest BCUT2D eigenvalue weighted by molar-refractivity contribution is -0.140. The Balaban J connectivity index is 0.00000261. The molecule has 1 N–H and O–H groups in total. The van der Waals surface area contributed by atoms with E-state index in [9.17, 15) is 4.79 Å². The second-order valence-electron chi connectivity index (χ2n) is 8.16. The van der Waals surface area contributed by atoms with Gasteiger partial charge in [0.15, 0.2) is 5.96 Å². The average molecular weight is 492 g/mol. The van der Waals surface area contributed by atoms with Crippen LogP contribution in [0.2, 0.25) is 0 Å². The zero-order chi connectivity index (χ0) is 18.4. The summed E-state index contributed by atoms with van der Waals surface area (Å²) >= 11 is 0. The third kappa shape index (κ3) is 5.71. The second kappa shape index (κ2) is 10.8. The van der Waals surface area contributed by atoms with Crippen LogP contribution in [0, 0.1) is 11.3 Å². The number of ether oxygens (including phenoxy) is 1. The highest BCUT2D eigenvalue weighted by Crippen LogP contribution is 2.40. The van der Waals surface area contributed by atoms with Gasteiger partial charge in [-0.2, -0.15) is 0 Å². The van der Waals surface area contributed by atoms with Gasteiger partial charge in [-0.1, -0.05) is 19.8 Å². The van der Waals surface area contributed by atoms with E-state index in [0.717, 1.165) is 51.5 Å². The molecular formula is C20H37IN4O2. The zero-order valence-corrected chi connectivity index (χ0v) is 19.4. The summed E-state index contributed by atoms with van der Waals surface area (Å²) in [5.41, 5.74) is 0.459. The van der Waals surface area contributed by atoms with E-state index in [-0.39, 0.29) is 29.9 Å². The number of rotatable bonds is 4. The number of carbonyl (C=O) groups is 1. The van der Waals surface area contributed by atoms with Crippen LogP contribution in [0.25, 0.3) is 0 Å². The number of piperidine rings is 1. The lowest BCUT2D eigenvalue weighted by Crippen LogP contribution is -2.51. The molecule has 2 heterocycles. The first kappa shape index (κ1) is 22.7. The van der Waals surface area contributed by atoms with Crippen LogP contribution < -0.4 is 5.32 Å². The molecule has 0 radical (unpaired) electrons. The number of hydrogen-bond acceptors (Lipinski definition) is 3. The Morgan fingerprint density at radius 3 is 2.30 bits per heavy atom. The molecule has 0 spiro atoms. The first-order chi connectivity index (χ1) is 12.7. The maximum atomic E-state index is 12.7. The highest BCUT2D eigenvalue weighted by Gasteiger charge is 2.33. The Labute approximate surface area is 181 Å². The summed E-state index contributed by atoms with van der Waals surface area (Å²) < 4.78 is 5.36. The fourth-order valence-corrected chi connectivity index (χ4v) is 4.76. The highest BCUT2D eigenvalue weighted by molar-refractivity contribution is 14.0. The van der Waals surface area contributed by atoms with Crippen molar-refractivity contribution in [1.29, 1.82) is 0 Å². The summed E-state index contributed by atoms with van der Waals surface area (Å²) in [4.78, 5) is 21.5. The van der Waals surface area contributed by atoms with Crippen LogP contribution in [0.1, 0.15) is 51.9 Å². The van der Waals surface area contributed by atoms with Gasteiger partial charge in [0.05, 0.1) is 13.2 Å². The van der Waals surface area contributed by atoms with Crippen LogP contribution in [0.15, 0.2) is 4.99 Å². The van der Waals surface area contributed by atoms with Crippen LogP contribution in [0.4, 0.5) is 0 Å². The van der Waals surface area contributed by atoms with Crippen molar-refractivity contribution >= 4 is 35.8 Å². The standard InChI is InChI=1S/C20H36N4O2.HI/c1-3-20(8-4-5-9-20)16-22-19(21-2)24-10-6-17(7-11-24)18(25)23-12-14-26-15-13-23;/h17H,3-16H2,1-2H3,(H,21,22);1H. The van der Waals surface area contributed by atoms with Crippen molar-refractivity contribution in [1.82, 2.24) is 15.1 Å². The molecule has 1 aliphatic carbocycles. The summed E-state index contributed by atoms with van der Waals surface area (Å²) in [6.45, 7) is 8.05. The Morgan fingerprint density at radius 2 is 1.74 bits per heavy atom. The van der Waals surface area contributed by atoms with E-state index in [0.29, 0.717) is 24.5 Å². The van der Waals surface area contributed by atoms with E-state index in [1.165, 1.54) is 32.1 Å². The molecule has 7 heteroatoms. The monoisotopic (exact) mass is 492 g/mol. The van der Waals surface area contributed by atoms with Gasteiger partial charge in [-0.05, 0) is 37.5 Å². The fourth-order valence-electron chi connectivity index (χ4n) is 4.76. The molecule has 0 bridgehead atoms. The molecular weight excluding hydrogens is 455 g/mol. The molecule has 6 nitrogen and oxygen atoms in total. The topological polar surface area (TPSA) is 57.2 Å². The molecule has 2 saturated heterocycles. The van der Waals surface area contributed by atoms with Crippen molar-refractivity contribution in [3.8, 4) is 0 Å². The first-order valence-electron chi connectivity index (χ1n) is 10.5. The van der Waals surface area contributed by atoms with Crippen molar-refractivity contribution in [2.45, 2.75) is 51.9 Å². The largest absolute Gasteiger partial charge is 0.378 e. The highest BCUT2D eigenvalue weighted by atomic mass is 127. The minimum Gasteiger partial charge on any atom is -0.378 e. The number of likely N-dealkylation sites (tertiary alicyclic amines) is 1. The van der Waals surface area contributed by atoms with E-state index >= 15 is 0 Å². The van der Waals surface area contributed by atoms with Crippen molar-refractivity contribution in [3.63, 3.8) is 0 Å². The molecule has 3 aliphatic rings. The van der Waals surface area contributed by atoms with Gasteiger partial charge in [0.2, 0.25) is 5.91 Å². The number of nitrogens with one attached hydrogen (secondary N) is 1. The third-order valence-corrected chi connectivity index (χ3v) is 6.71. The molecule has 3 rings (SSSR count). The number of carbonyl (C=O) groups excluding carboxylic acids is 1. The molecule has 0 atom stereocenters. The van der Waals surface area contributed by atoms with E-state index in [1.807, 2.05) is 11.9 Å². The molecule has 27 heavy (non-hydrogen) atoms. The van der Waals surface area contributed by atoms with Crippen LogP contribution in [0.5, 0.6) is 0 Å². The Hall–Kier alpha value is -0.570. The van der Waals surface area contributed by atoms with Gasteiger partial charge >= 0.3 is 0 Å². The SMILES string of the molecule is CCC1(CNC(=NC)N2CCC(C(=O)N3CCOCC3)CC2)CCCC1.I. The van der Waals surface area contributed by atoms with E-state index in [2.05, 4.69) is 22.1 Å². The maximum absolute atomic E-state index is 12.7. The van der Waals surface area contributed by atoms with Gasteiger partial charge in [-0.3, -0.25) is 9.79 Å². The summed E-state index contributed by atoms with van der Waals surface area (Å²) in [6, 6.07) is 0. The summed E-state index contributed by atoms with van der Waals surface area (Å²) in [7, 11) is 1.88. The maximum Gasteiger partial charge on any atom is 0.225 e. The number of halogens is 1. The third-order valence-electron chi connectivity index (χ3n) is 6.71.